The second-order valence-electron chi connectivity index (χ2n) is 8.44. The van der Waals surface area contributed by atoms with Crippen molar-refractivity contribution in [3.05, 3.63) is 89.9 Å². The molecule has 5 heteroatoms. The predicted molar refractivity (Wildman–Crippen MR) is 126 cm³/mol. The van der Waals surface area contributed by atoms with Gasteiger partial charge in [-0.1, -0.05) is 61.7 Å². The van der Waals surface area contributed by atoms with E-state index in [2.05, 4.69) is 38.5 Å². The third kappa shape index (κ3) is 4.52. The molecule has 1 aliphatic carbocycles. The van der Waals surface area contributed by atoms with Crippen molar-refractivity contribution < 1.29 is 4.79 Å². The van der Waals surface area contributed by atoms with Gasteiger partial charge in [0.15, 0.2) is 5.82 Å². The molecule has 0 radical (unpaired) electrons. The molecular weight excluding hydrogens is 396 g/mol. The van der Waals surface area contributed by atoms with Gasteiger partial charge in [0.05, 0.1) is 5.52 Å². The summed E-state index contributed by atoms with van der Waals surface area (Å²) in [6, 6.07) is 20.4. The summed E-state index contributed by atoms with van der Waals surface area (Å²) < 4.78 is 0. The van der Waals surface area contributed by atoms with Gasteiger partial charge in [0.1, 0.15) is 5.69 Å². The Kier molecular flexibility index (Phi) is 5.88. The Labute approximate surface area is 188 Å². The Balaban J connectivity index is 1.42. The number of nitrogens with one attached hydrogen (secondary N) is 1. The maximum absolute atomic E-state index is 13.0. The van der Waals surface area contributed by atoms with E-state index in [4.69, 9.17) is 0 Å². The van der Waals surface area contributed by atoms with Crippen LogP contribution >= 0.6 is 0 Å². The predicted octanol–water partition coefficient (Wildman–Crippen LogP) is 5.35. The van der Waals surface area contributed by atoms with Crippen LogP contribution in [0.1, 0.15) is 53.7 Å². The number of rotatable bonds is 5. The zero-order valence-electron chi connectivity index (χ0n) is 18.0. The van der Waals surface area contributed by atoms with Gasteiger partial charge >= 0.3 is 0 Å². The fourth-order valence-corrected chi connectivity index (χ4v) is 4.46. The molecule has 1 amide bonds. The van der Waals surface area contributed by atoms with Gasteiger partial charge in [-0.15, -0.1) is 0 Å². The lowest BCUT2D eigenvalue weighted by Crippen LogP contribution is -2.36. The molecule has 2 aromatic carbocycles. The highest BCUT2D eigenvalue weighted by Gasteiger charge is 2.19. The summed E-state index contributed by atoms with van der Waals surface area (Å²) >= 11 is 0. The van der Waals surface area contributed by atoms with Crippen LogP contribution in [0.25, 0.3) is 22.3 Å². The third-order valence-corrected chi connectivity index (χ3v) is 6.15. The van der Waals surface area contributed by atoms with Crippen LogP contribution in [0.3, 0.4) is 0 Å². The van der Waals surface area contributed by atoms with Gasteiger partial charge in [0.25, 0.3) is 5.91 Å². The molecule has 32 heavy (non-hydrogen) atoms. The highest BCUT2D eigenvalue weighted by atomic mass is 16.1. The highest BCUT2D eigenvalue weighted by Crippen LogP contribution is 2.24. The number of pyridine rings is 1. The van der Waals surface area contributed by atoms with Crippen LogP contribution in [0.15, 0.2) is 73.1 Å². The monoisotopic (exact) mass is 422 g/mol. The quantitative estimate of drug-likeness (QED) is 0.471. The summed E-state index contributed by atoms with van der Waals surface area (Å²) in [7, 11) is 0. The van der Waals surface area contributed by atoms with Gasteiger partial charge in [0.2, 0.25) is 0 Å². The van der Waals surface area contributed by atoms with Crippen molar-refractivity contribution >= 4 is 16.8 Å². The molecular formula is C27H26N4O. The van der Waals surface area contributed by atoms with E-state index in [0.717, 1.165) is 47.1 Å². The summed E-state index contributed by atoms with van der Waals surface area (Å²) in [5.41, 5.74) is 4.61. The molecule has 2 heterocycles. The van der Waals surface area contributed by atoms with Crippen LogP contribution < -0.4 is 5.32 Å². The highest BCUT2D eigenvalue weighted by molar-refractivity contribution is 5.96. The van der Waals surface area contributed by atoms with Crippen LogP contribution in [0.2, 0.25) is 0 Å². The van der Waals surface area contributed by atoms with Gasteiger partial charge in [-0.05, 0) is 48.6 Å². The number of benzene rings is 2. The van der Waals surface area contributed by atoms with Crippen LogP contribution in [-0.2, 0) is 6.42 Å². The molecule has 1 N–H and O–H groups in total. The minimum absolute atomic E-state index is 0.0690. The first-order chi connectivity index (χ1) is 15.8. The second kappa shape index (κ2) is 9.27. The number of nitrogens with zero attached hydrogens (tertiary/aromatic N) is 3. The van der Waals surface area contributed by atoms with Gasteiger partial charge in [-0.25, -0.2) is 15.0 Å². The lowest BCUT2D eigenvalue weighted by molar-refractivity contribution is 0.0923. The van der Waals surface area contributed by atoms with E-state index in [1.165, 1.54) is 24.8 Å². The molecule has 5 nitrogen and oxygen atoms in total. The number of aromatic nitrogens is 3. The van der Waals surface area contributed by atoms with Crippen molar-refractivity contribution in [2.75, 3.05) is 0 Å². The van der Waals surface area contributed by atoms with E-state index in [1.54, 1.807) is 12.4 Å². The van der Waals surface area contributed by atoms with Crippen molar-refractivity contribution in [1.82, 2.24) is 20.3 Å². The first-order valence-corrected chi connectivity index (χ1v) is 11.3. The summed E-state index contributed by atoms with van der Waals surface area (Å²) in [6.45, 7) is 0. The number of amides is 1. The minimum atomic E-state index is -0.0690. The van der Waals surface area contributed by atoms with Crippen molar-refractivity contribution in [3.8, 4) is 11.4 Å². The fourth-order valence-electron chi connectivity index (χ4n) is 4.46. The zero-order chi connectivity index (χ0) is 21.8. The minimum Gasteiger partial charge on any atom is -0.348 e. The van der Waals surface area contributed by atoms with Crippen LogP contribution in [0.5, 0.6) is 0 Å². The first kappa shape index (κ1) is 20.3. The molecule has 160 valence electrons. The third-order valence-electron chi connectivity index (χ3n) is 6.15. The number of fused-ring (bicyclic) bond motifs is 1. The molecule has 2 aromatic heterocycles. The molecule has 0 unspecified atom stereocenters. The molecule has 0 atom stereocenters. The topological polar surface area (TPSA) is 67.8 Å². The number of hydrogen-bond donors (Lipinski definition) is 1. The van der Waals surface area contributed by atoms with Crippen molar-refractivity contribution in [1.29, 1.82) is 0 Å². The SMILES string of the molecule is O=C(NC1CCCCC1)c1cc(Cc2ccc(-c3ncccn3)cc2)c2ccccc2n1. The largest absolute Gasteiger partial charge is 0.348 e. The molecule has 1 aliphatic rings. The Morgan fingerprint density at radius 1 is 0.906 bits per heavy atom. The first-order valence-electron chi connectivity index (χ1n) is 11.3. The van der Waals surface area contributed by atoms with Gasteiger partial charge < -0.3 is 5.32 Å². The molecule has 0 spiro atoms. The lowest BCUT2D eigenvalue weighted by Gasteiger charge is -2.22. The second-order valence-corrected chi connectivity index (χ2v) is 8.44. The number of hydrogen-bond acceptors (Lipinski definition) is 4. The van der Waals surface area contributed by atoms with Crippen molar-refractivity contribution in [3.63, 3.8) is 0 Å². The molecule has 1 fully saturated rings. The Morgan fingerprint density at radius 3 is 2.44 bits per heavy atom. The fraction of sp³-hybridized carbons (Fsp3) is 0.259. The maximum Gasteiger partial charge on any atom is 0.270 e. The molecule has 4 aromatic rings. The summed E-state index contributed by atoms with van der Waals surface area (Å²) in [5, 5.41) is 4.28. The molecule has 0 bridgehead atoms. The molecule has 1 saturated carbocycles. The number of carbonyl (C=O) groups is 1. The Morgan fingerprint density at radius 2 is 1.66 bits per heavy atom. The number of para-hydroxylation sites is 1. The standard InChI is InChI=1S/C27H26N4O/c32-27(30-22-7-2-1-3-8-22)25-18-21(23-9-4-5-10-24(23)31-25)17-19-11-13-20(14-12-19)26-28-15-6-16-29-26/h4-6,9-16,18,22H,1-3,7-8,17H2,(H,30,32). The van der Waals surface area contributed by atoms with Gasteiger partial charge in [-0.2, -0.15) is 0 Å². The van der Waals surface area contributed by atoms with Crippen molar-refractivity contribution in [2.24, 2.45) is 0 Å². The lowest BCUT2D eigenvalue weighted by atomic mass is 9.95. The van der Waals surface area contributed by atoms with E-state index in [0.29, 0.717) is 5.69 Å². The zero-order valence-corrected chi connectivity index (χ0v) is 18.0. The molecule has 0 aliphatic heterocycles. The van der Waals surface area contributed by atoms with Gasteiger partial charge in [0, 0.05) is 29.4 Å². The van der Waals surface area contributed by atoms with E-state index in [-0.39, 0.29) is 11.9 Å². The molecule has 5 rings (SSSR count). The number of carbonyl (C=O) groups excluding carboxylic acids is 1. The normalized spacial score (nSPS) is 14.4. The smallest absolute Gasteiger partial charge is 0.270 e. The summed E-state index contributed by atoms with van der Waals surface area (Å²) in [5.74, 6) is 0.649. The van der Waals surface area contributed by atoms with Crippen LogP contribution in [0.4, 0.5) is 0 Å². The van der Waals surface area contributed by atoms with E-state index in [1.807, 2.05) is 42.5 Å². The van der Waals surface area contributed by atoms with Crippen molar-refractivity contribution in [2.45, 2.75) is 44.6 Å². The van der Waals surface area contributed by atoms with Crippen LogP contribution in [0, 0.1) is 0 Å². The average Bonchev–Trinajstić information content (AvgIpc) is 2.85. The van der Waals surface area contributed by atoms with E-state index in [9.17, 15) is 4.79 Å². The summed E-state index contributed by atoms with van der Waals surface area (Å²) in [4.78, 5) is 26.3. The Bertz CT molecular complexity index is 1220. The average molecular weight is 423 g/mol. The maximum atomic E-state index is 13.0. The van der Waals surface area contributed by atoms with E-state index < -0.39 is 0 Å². The summed E-state index contributed by atoms with van der Waals surface area (Å²) in [6.07, 6.45) is 9.98. The molecule has 0 saturated heterocycles. The van der Waals surface area contributed by atoms with Crippen LogP contribution in [-0.4, -0.2) is 26.9 Å². The van der Waals surface area contributed by atoms with E-state index >= 15 is 0 Å². The Hall–Kier alpha value is -3.60. The van der Waals surface area contributed by atoms with Gasteiger partial charge in [-0.3, -0.25) is 4.79 Å².